The van der Waals surface area contributed by atoms with Crippen molar-refractivity contribution in [2.45, 2.75) is 19.0 Å². The summed E-state index contributed by atoms with van der Waals surface area (Å²) in [5.41, 5.74) is 0.993. The Morgan fingerprint density at radius 1 is 1.33 bits per heavy atom. The van der Waals surface area contributed by atoms with E-state index in [4.69, 9.17) is 23.2 Å². The maximum Gasteiger partial charge on any atom is 0.0465 e. The van der Waals surface area contributed by atoms with Gasteiger partial charge in [0.2, 0.25) is 0 Å². The molecule has 1 fully saturated rings. The SMILES string of the molecule is Clc1cccc(Cl)c1CN[C@H]1CCNC1. The third-order valence-electron chi connectivity index (χ3n) is 2.69. The lowest BCUT2D eigenvalue weighted by atomic mass is 10.2. The van der Waals surface area contributed by atoms with Crippen LogP contribution in [-0.2, 0) is 6.54 Å². The number of halogens is 2. The van der Waals surface area contributed by atoms with Crippen LogP contribution in [-0.4, -0.2) is 19.1 Å². The number of benzene rings is 1. The van der Waals surface area contributed by atoms with Gasteiger partial charge in [0, 0.05) is 34.7 Å². The van der Waals surface area contributed by atoms with Gasteiger partial charge in [-0.2, -0.15) is 0 Å². The van der Waals surface area contributed by atoms with E-state index in [-0.39, 0.29) is 0 Å². The molecule has 0 unspecified atom stereocenters. The van der Waals surface area contributed by atoms with Crippen LogP contribution in [0.3, 0.4) is 0 Å². The first kappa shape index (κ1) is 11.2. The molecule has 2 rings (SSSR count). The fourth-order valence-corrected chi connectivity index (χ4v) is 2.31. The molecule has 1 atom stereocenters. The monoisotopic (exact) mass is 244 g/mol. The molecule has 1 aliphatic heterocycles. The number of nitrogens with one attached hydrogen (secondary N) is 2. The second-order valence-corrected chi connectivity index (χ2v) is 4.59. The van der Waals surface area contributed by atoms with Gasteiger partial charge < -0.3 is 10.6 Å². The van der Waals surface area contributed by atoms with Crippen molar-refractivity contribution in [1.82, 2.24) is 10.6 Å². The first-order valence-electron chi connectivity index (χ1n) is 5.14. The molecule has 0 bridgehead atoms. The van der Waals surface area contributed by atoms with Crippen LogP contribution in [0.5, 0.6) is 0 Å². The Balaban J connectivity index is 1.97. The molecule has 0 radical (unpaired) electrons. The zero-order valence-electron chi connectivity index (χ0n) is 8.39. The molecule has 2 nitrogen and oxygen atoms in total. The van der Waals surface area contributed by atoms with Crippen molar-refractivity contribution in [2.75, 3.05) is 13.1 Å². The fraction of sp³-hybridized carbons (Fsp3) is 0.455. The smallest absolute Gasteiger partial charge is 0.0465 e. The summed E-state index contributed by atoms with van der Waals surface area (Å²) in [7, 11) is 0. The van der Waals surface area contributed by atoms with Gasteiger partial charge in [-0.05, 0) is 25.1 Å². The molecule has 1 aliphatic rings. The quantitative estimate of drug-likeness (QED) is 0.854. The van der Waals surface area contributed by atoms with Gasteiger partial charge in [-0.25, -0.2) is 0 Å². The maximum atomic E-state index is 6.07. The van der Waals surface area contributed by atoms with Gasteiger partial charge >= 0.3 is 0 Å². The predicted molar refractivity (Wildman–Crippen MR) is 64.6 cm³/mol. The predicted octanol–water partition coefficient (Wildman–Crippen LogP) is 2.44. The van der Waals surface area contributed by atoms with Gasteiger partial charge in [0.1, 0.15) is 0 Å². The zero-order chi connectivity index (χ0) is 10.7. The van der Waals surface area contributed by atoms with E-state index in [9.17, 15) is 0 Å². The van der Waals surface area contributed by atoms with Crippen molar-refractivity contribution in [2.24, 2.45) is 0 Å². The summed E-state index contributed by atoms with van der Waals surface area (Å²) >= 11 is 12.1. The van der Waals surface area contributed by atoms with E-state index in [0.717, 1.165) is 35.2 Å². The van der Waals surface area contributed by atoms with Crippen LogP contribution < -0.4 is 10.6 Å². The van der Waals surface area contributed by atoms with Crippen LogP contribution >= 0.6 is 23.2 Å². The van der Waals surface area contributed by atoms with Crippen LogP contribution in [0.2, 0.25) is 10.0 Å². The molecule has 1 saturated heterocycles. The second-order valence-electron chi connectivity index (χ2n) is 3.77. The largest absolute Gasteiger partial charge is 0.315 e. The molecule has 1 aromatic carbocycles. The van der Waals surface area contributed by atoms with Crippen molar-refractivity contribution in [3.05, 3.63) is 33.8 Å². The Morgan fingerprint density at radius 3 is 2.67 bits per heavy atom. The third kappa shape index (κ3) is 2.85. The second kappa shape index (κ2) is 5.17. The van der Waals surface area contributed by atoms with E-state index >= 15 is 0 Å². The van der Waals surface area contributed by atoms with Gasteiger partial charge in [0.05, 0.1) is 0 Å². The van der Waals surface area contributed by atoms with E-state index in [2.05, 4.69) is 10.6 Å². The van der Waals surface area contributed by atoms with Crippen molar-refractivity contribution in [1.29, 1.82) is 0 Å². The van der Waals surface area contributed by atoms with Gasteiger partial charge in [-0.15, -0.1) is 0 Å². The summed E-state index contributed by atoms with van der Waals surface area (Å²) in [6, 6.07) is 6.15. The fourth-order valence-electron chi connectivity index (χ4n) is 1.78. The molecule has 4 heteroatoms. The van der Waals surface area contributed by atoms with Crippen molar-refractivity contribution >= 4 is 23.2 Å². The highest BCUT2D eigenvalue weighted by molar-refractivity contribution is 6.35. The minimum Gasteiger partial charge on any atom is -0.315 e. The topological polar surface area (TPSA) is 24.1 Å². The maximum absolute atomic E-state index is 6.07. The van der Waals surface area contributed by atoms with Crippen LogP contribution in [0.25, 0.3) is 0 Å². The molecule has 2 N–H and O–H groups in total. The highest BCUT2D eigenvalue weighted by atomic mass is 35.5. The normalized spacial score (nSPS) is 20.8. The molecule has 15 heavy (non-hydrogen) atoms. The summed E-state index contributed by atoms with van der Waals surface area (Å²) in [5, 5.41) is 8.23. The Hall–Kier alpha value is -0.280. The Morgan fingerprint density at radius 2 is 2.07 bits per heavy atom. The van der Waals surface area contributed by atoms with E-state index in [1.807, 2.05) is 18.2 Å². The molecule has 0 aromatic heterocycles. The molecular formula is C11H14Cl2N2. The Labute approximate surface area is 100.0 Å². The molecule has 82 valence electrons. The van der Waals surface area contributed by atoms with E-state index in [1.54, 1.807) is 0 Å². The summed E-state index contributed by atoms with van der Waals surface area (Å²) < 4.78 is 0. The van der Waals surface area contributed by atoms with E-state index in [0.29, 0.717) is 6.04 Å². The zero-order valence-corrected chi connectivity index (χ0v) is 9.91. The Kier molecular flexibility index (Phi) is 3.87. The van der Waals surface area contributed by atoms with Gasteiger partial charge in [0.25, 0.3) is 0 Å². The van der Waals surface area contributed by atoms with Crippen LogP contribution in [0.4, 0.5) is 0 Å². The molecule has 0 saturated carbocycles. The summed E-state index contributed by atoms with van der Waals surface area (Å²) in [6.45, 7) is 2.86. The van der Waals surface area contributed by atoms with E-state index in [1.165, 1.54) is 6.42 Å². The van der Waals surface area contributed by atoms with Crippen LogP contribution in [0, 0.1) is 0 Å². The molecule has 0 aliphatic carbocycles. The lowest BCUT2D eigenvalue weighted by Gasteiger charge is -2.13. The van der Waals surface area contributed by atoms with E-state index < -0.39 is 0 Å². The lowest BCUT2D eigenvalue weighted by molar-refractivity contribution is 0.547. The number of hydrogen-bond donors (Lipinski definition) is 2. The van der Waals surface area contributed by atoms with Crippen LogP contribution in [0.15, 0.2) is 18.2 Å². The molecule has 1 heterocycles. The van der Waals surface area contributed by atoms with Gasteiger partial charge in [0.15, 0.2) is 0 Å². The lowest BCUT2D eigenvalue weighted by Crippen LogP contribution is -2.30. The first-order chi connectivity index (χ1) is 7.27. The standard InChI is InChI=1S/C11H14Cl2N2/c12-10-2-1-3-11(13)9(10)7-15-8-4-5-14-6-8/h1-3,8,14-15H,4-7H2/t8-/m0/s1. The molecule has 0 amide bonds. The minimum atomic E-state index is 0.539. The number of hydrogen-bond acceptors (Lipinski definition) is 2. The molecule has 1 aromatic rings. The van der Waals surface area contributed by atoms with Crippen molar-refractivity contribution in [3.63, 3.8) is 0 Å². The average Bonchev–Trinajstić information content (AvgIpc) is 2.70. The summed E-state index contributed by atoms with van der Waals surface area (Å²) in [6.07, 6.45) is 1.17. The summed E-state index contributed by atoms with van der Waals surface area (Å²) in [4.78, 5) is 0. The Bertz CT molecular complexity index is 315. The first-order valence-corrected chi connectivity index (χ1v) is 5.90. The van der Waals surface area contributed by atoms with Crippen molar-refractivity contribution < 1.29 is 0 Å². The molecular weight excluding hydrogens is 231 g/mol. The summed E-state index contributed by atoms with van der Waals surface area (Å²) in [5.74, 6) is 0. The average molecular weight is 245 g/mol. The van der Waals surface area contributed by atoms with Gasteiger partial charge in [-0.3, -0.25) is 0 Å². The van der Waals surface area contributed by atoms with Crippen LogP contribution in [0.1, 0.15) is 12.0 Å². The highest BCUT2D eigenvalue weighted by Crippen LogP contribution is 2.24. The molecule has 0 spiro atoms. The number of rotatable bonds is 3. The van der Waals surface area contributed by atoms with Gasteiger partial charge in [-0.1, -0.05) is 29.3 Å². The third-order valence-corrected chi connectivity index (χ3v) is 3.40. The van der Waals surface area contributed by atoms with Crippen molar-refractivity contribution in [3.8, 4) is 0 Å². The minimum absolute atomic E-state index is 0.539. The highest BCUT2D eigenvalue weighted by Gasteiger charge is 2.14.